The van der Waals surface area contributed by atoms with Crippen LogP contribution in [0.3, 0.4) is 0 Å². The molecule has 1 aromatic carbocycles. The molecule has 1 aliphatic rings. The van der Waals surface area contributed by atoms with Crippen molar-refractivity contribution >= 4 is 27.5 Å². The molecule has 4 heteroatoms. The molecule has 1 aliphatic heterocycles. The zero-order valence-electron chi connectivity index (χ0n) is 9.72. The highest BCUT2D eigenvalue weighted by molar-refractivity contribution is 9.10. The summed E-state index contributed by atoms with van der Waals surface area (Å²) in [5.41, 5.74) is 0. The second-order valence-electron chi connectivity index (χ2n) is 4.42. The summed E-state index contributed by atoms with van der Waals surface area (Å²) < 4.78 is 6.68. The van der Waals surface area contributed by atoms with E-state index in [9.17, 15) is 0 Å². The number of piperidine rings is 1. The zero-order valence-corrected chi connectivity index (χ0v) is 12.1. The number of benzene rings is 1. The van der Waals surface area contributed by atoms with Gasteiger partial charge in [0.2, 0.25) is 0 Å². The maximum absolute atomic E-state index is 5.88. The van der Waals surface area contributed by atoms with E-state index in [1.165, 1.54) is 19.4 Å². The number of rotatable bonds is 4. The van der Waals surface area contributed by atoms with Crippen LogP contribution in [0.1, 0.15) is 19.3 Å². The molecule has 1 fully saturated rings. The molecule has 0 saturated carbocycles. The van der Waals surface area contributed by atoms with Crippen molar-refractivity contribution in [1.29, 1.82) is 0 Å². The van der Waals surface area contributed by atoms with E-state index in [0.717, 1.165) is 40.7 Å². The molecular formula is C13H17BrClNO. The first-order valence-electron chi connectivity index (χ1n) is 6.04. The molecule has 1 heterocycles. The maximum atomic E-state index is 5.88. The van der Waals surface area contributed by atoms with Gasteiger partial charge in [-0.15, -0.1) is 0 Å². The van der Waals surface area contributed by atoms with E-state index < -0.39 is 0 Å². The first-order valence-corrected chi connectivity index (χ1v) is 7.21. The summed E-state index contributed by atoms with van der Waals surface area (Å²) in [7, 11) is 0. The molecule has 0 bridgehead atoms. The Kier molecular flexibility index (Phi) is 5.14. The van der Waals surface area contributed by atoms with Crippen molar-refractivity contribution in [2.75, 3.05) is 19.7 Å². The summed E-state index contributed by atoms with van der Waals surface area (Å²) in [6, 6.07) is 5.62. The third-order valence-corrected chi connectivity index (χ3v) is 3.93. The summed E-state index contributed by atoms with van der Waals surface area (Å²) in [6.07, 6.45) is 3.72. The van der Waals surface area contributed by atoms with Crippen molar-refractivity contribution in [2.45, 2.75) is 19.3 Å². The molecule has 1 saturated heterocycles. The van der Waals surface area contributed by atoms with Gasteiger partial charge in [-0.2, -0.15) is 0 Å². The van der Waals surface area contributed by atoms with Crippen LogP contribution in [-0.2, 0) is 0 Å². The second-order valence-corrected chi connectivity index (χ2v) is 5.72. The third kappa shape index (κ3) is 4.16. The lowest BCUT2D eigenvalue weighted by atomic mass is 9.97. The van der Waals surface area contributed by atoms with E-state index >= 15 is 0 Å². The lowest BCUT2D eigenvalue weighted by molar-refractivity contribution is 0.253. The Balaban J connectivity index is 1.77. The molecular weight excluding hydrogens is 302 g/mol. The monoisotopic (exact) mass is 317 g/mol. The van der Waals surface area contributed by atoms with Gasteiger partial charge in [-0.3, -0.25) is 0 Å². The Morgan fingerprint density at radius 2 is 2.35 bits per heavy atom. The third-order valence-electron chi connectivity index (χ3n) is 3.08. The van der Waals surface area contributed by atoms with Gasteiger partial charge in [0.05, 0.1) is 11.1 Å². The van der Waals surface area contributed by atoms with Crippen LogP contribution >= 0.6 is 27.5 Å². The summed E-state index contributed by atoms with van der Waals surface area (Å²) in [6.45, 7) is 3.07. The van der Waals surface area contributed by atoms with Crippen molar-refractivity contribution in [3.63, 3.8) is 0 Å². The van der Waals surface area contributed by atoms with Gasteiger partial charge in [0.15, 0.2) is 0 Å². The predicted octanol–water partition coefficient (Wildman–Crippen LogP) is 3.87. The van der Waals surface area contributed by atoms with Gasteiger partial charge in [-0.05, 0) is 72.4 Å². The van der Waals surface area contributed by atoms with Crippen LogP contribution in [0.5, 0.6) is 5.75 Å². The fourth-order valence-corrected chi connectivity index (χ4v) is 2.90. The highest BCUT2D eigenvalue weighted by atomic mass is 79.9. The molecule has 0 radical (unpaired) electrons. The van der Waals surface area contributed by atoms with Crippen LogP contribution in [0.2, 0.25) is 5.02 Å². The van der Waals surface area contributed by atoms with Gasteiger partial charge in [-0.1, -0.05) is 11.6 Å². The quantitative estimate of drug-likeness (QED) is 0.910. The van der Waals surface area contributed by atoms with Gasteiger partial charge >= 0.3 is 0 Å². The van der Waals surface area contributed by atoms with Crippen LogP contribution < -0.4 is 10.1 Å². The summed E-state index contributed by atoms with van der Waals surface area (Å²) in [5.74, 6) is 1.63. The smallest absolute Gasteiger partial charge is 0.133 e. The molecule has 2 nitrogen and oxygen atoms in total. The Morgan fingerprint density at radius 3 is 3.06 bits per heavy atom. The van der Waals surface area contributed by atoms with E-state index in [-0.39, 0.29) is 0 Å². The number of hydrogen-bond acceptors (Lipinski definition) is 2. The average Bonchev–Trinajstić information content (AvgIpc) is 2.33. The molecule has 0 spiro atoms. The van der Waals surface area contributed by atoms with Crippen LogP contribution in [0.15, 0.2) is 22.7 Å². The summed E-state index contributed by atoms with van der Waals surface area (Å²) >= 11 is 9.33. The number of nitrogens with one attached hydrogen (secondary N) is 1. The Morgan fingerprint density at radius 1 is 1.47 bits per heavy atom. The number of ether oxygens (including phenoxy) is 1. The standard InChI is InChI=1S/C13H17BrClNO/c14-12-8-11(15)3-4-13(12)17-7-5-10-2-1-6-16-9-10/h3-4,8,10,16H,1-2,5-7,9H2/t10-/m0/s1. The van der Waals surface area contributed by atoms with E-state index in [0.29, 0.717) is 0 Å². The van der Waals surface area contributed by atoms with Gasteiger partial charge in [0.25, 0.3) is 0 Å². The minimum atomic E-state index is 0.723. The van der Waals surface area contributed by atoms with Crippen molar-refractivity contribution in [1.82, 2.24) is 5.32 Å². The van der Waals surface area contributed by atoms with Crippen molar-refractivity contribution < 1.29 is 4.74 Å². The molecule has 0 aromatic heterocycles. The fraction of sp³-hybridized carbons (Fsp3) is 0.538. The Hall–Kier alpha value is -0.250. The molecule has 0 unspecified atom stereocenters. The van der Waals surface area contributed by atoms with E-state index in [1.807, 2.05) is 18.2 Å². The molecule has 1 atom stereocenters. The van der Waals surface area contributed by atoms with Crippen LogP contribution in [0, 0.1) is 5.92 Å². The molecule has 2 rings (SSSR count). The van der Waals surface area contributed by atoms with Gasteiger partial charge in [0, 0.05) is 5.02 Å². The highest BCUT2D eigenvalue weighted by Gasteiger charge is 2.12. The Labute approximate surface area is 116 Å². The largest absolute Gasteiger partial charge is 0.492 e. The normalized spacial score (nSPS) is 20.2. The molecule has 0 aliphatic carbocycles. The van der Waals surface area contributed by atoms with Crippen LogP contribution in [-0.4, -0.2) is 19.7 Å². The molecule has 1 aromatic rings. The topological polar surface area (TPSA) is 21.3 Å². The minimum absolute atomic E-state index is 0.723. The fourth-order valence-electron chi connectivity index (χ4n) is 2.10. The number of hydrogen-bond donors (Lipinski definition) is 1. The molecule has 17 heavy (non-hydrogen) atoms. The molecule has 0 amide bonds. The lowest BCUT2D eigenvalue weighted by Crippen LogP contribution is -2.30. The maximum Gasteiger partial charge on any atom is 0.133 e. The van der Waals surface area contributed by atoms with Crippen LogP contribution in [0.4, 0.5) is 0 Å². The lowest BCUT2D eigenvalue weighted by Gasteiger charge is -2.22. The minimum Gasteiger partial charge on any atom is -0.492 e. The molecule has 1 N–H and O–H groups in total. The van der Waals surface area contributed by atoms with E-state index in [4.69, 9.17) is 16.3 Å². The Bertz CT molecular complexity index is 366. The zero-order chi connectivity index (χ0) is 12.1. The van der Waals surface area contributed by atoms with Crippen LogP contribution in [0.25, 0.3) is 0 Å². The summed E-state index contributed by atoms with van der Waals surface area (Å²) in [4.78, 5) is 0. The van der Waals surface area contributed by atoms with Gasteiger partial charge in [0.1, 0.15) is 5.75 Å². The van der Waals surface area contributed by atoms with Gasteiger partial charge < -0.3 is 10.1 Å². The first kappa shape index (κ1) is 13.2. The number of halogens is 2. The molecule has 94 valence electrons. The second kappa shape index (κ2) is 6.62. The van der Waals surface area contributed by atoms with Crippen molar-refractivity contribution in [3.05, 3.63) is 27.7 Å². The van der Waals surface area contributed by atoms with Crippen molar-refractivity contribution in [2.24, 2.45) is 5.92 Å². The predicted molar refractivity (Wildman–Crippen MR) is 74.9 cm³/mol. The van der Waals surface area contributed by atoms with E-state index in [1.54, 1.807) is 0 Å². The average molecular weight is 319 g/mol. The SMILES string of the molecule is Clc1ccc(OCC[C@@H]2CCCNC2)c(Br)c1. The van der Waals surface area contributed by atoms with Crippen molar-refractivity contribution in [3.8, 4) is 5.75 Å². The summed E-state index contributed by atoms with van der Waals surface area (Å²) in [5, 5.41) is 4.14. The van der Waals surface area contributed by atoms with E-state index in [2.05, 4.69) is 21.2 Å². The first-order chi connectivity index (χ1) is 8.25. The van der Waals surface area contributed by atoms with Gasteiger partial charge in [-0.25, -0.2) is 0 Å². The highest BCUT2D eigenvalue weighted by Crippen LogP contribution is 2.28.